The van der Waals surface area contributed by atoms with Crippen molar-refractivity contribution in [2.24, 2.45) is 5.73 Å². The molecule has 3 amide bonds. The third-order valence-corrected chi connectivity index (χ3v) is 5.96. The maximum absolute atomic E-state index is 13.2. The summed E-state index contributed by atoms with van der Waals surface area (Å²) in [6.45, 7) is 1.31. The zero-order valence-electron chi connectivity index (χ0n) is 20.1. The van der Waals surface area contributed by atoms with Gasteiger partial charge in [0.05, 0.1) is 12.4 Å². The number of carbonyl (C=O) groups is 4. The van der Waals surface area contributed by atoms with Crippen molar-refractivity contribution in [3.05, 3.63) is 48.0 Å². The number of imidazole rings is 1. The number of aromatic amines is 1. The number of hydrogen-bond acceptors (Lipinski definition) is 8. The summed E-state index contributed by atoms with van der Waals surface area (Å²) in [5, 5.41) is 26.3. The predicted octanol–water partition coefficient (Wildman–Crippen LogP) is -0.460. The molecule has 1 aromatic carbocycles. The molecule has 0 aliphatic rings. The number of aromatic nitrogens is 2. The number of rotatable bonds is 14. The number of phenols is 1. The molecule has 0 saturated carbocycles. The minimum atomic E-state index is -1.23. The molecule has 2 aromatic rings. The van der Waals surface area contributed by atoms with Gasteiger partial charge in [-0.1, -0.05) is 12.1 Å². The van der Waals surface area contributed by atoms with E-state index in [2.05, 4.69) is 25.9 Å². The molecule has 36 heavy (non-hydrogen) atoms. The lowest BCUT2D eigenvalue weighted by molar-refractivity contribution is -0.141. The predicted molar refractivity (Wildman–Crippen MR) is 134 cm³/mol. The van der Waals surface area contributed by atoms with Crippen molar-refractivity contribution in [1.82, 2.24) is 25.9 Å². The van der Waals surface area contributed by atoms with Gasteiger partial charge in [-0.05, 0) is 43.0 Å². The van der Waals surface area contributed by atoms with Crippen molar-refractivity contribution in [2.75, 3.05) is 12.0 Å². The van der Waals surface area contributed by atoms with E-state index in [-0.39, 0.29) is 25.0 Å². The van der Waals surface area contributed by atoms with E-state index < -0.39 is 47.9 Å². The van der Waals surface area contributed by atoms with E-state index in [1.54, 1.807) is 18.3 Å². The maximum atomic E-state index is 13.2. The van der Waals surface area contributed by atoms with Gasteiger partial charge >= 0.3 is 5.97 Å². The fourth-order valence-corrected chi connectivity index (χ4v) is 3.71. The number of aliphatic carboxylic acids is 1. The van der Waals surface area contributed by atoms with Crippen molar-refractivity contribution in [3.8, 4) is 5.75 Å². The van der Waals surface area contributed by atoms with Crippen LogP contribution in [0.2, 0.25) is 0 Å². The van der Waals surface area contributed by atoms with E-state index in [1.165, 1.54) is 37.1 Å². The molecule has 0 saturated heterocycles. The number of H-pyrrole nitrogens is 1. The molecule has 0 aliphatic carbocycles. The van der Waals surface area contributed by atoms with Crippen molar-refractivity contribution in [2.45, 2.75) is 50.4 Å². The fraction of sp³-hybridized carbons (Fsp3) is 0.435. The number of benzene rings is 1. The van der Waals surface area contributed by atoms with E-state index in [9.17, 15) is 24.3 Å². The Morgan fingerprint density at radius 3 is 2.25 bits per heavy atom. The zero-order chi connectivity index (χ0) is 26.7. The van der Waals surface area contributed by atoms with Gasteiger partial charge in [-0.3, -0.25) is 19.2 Å². The fourth-order valence-electron chi connectivity index (χ4n) is 3.23. The second-order valence-electron chi connectivity index (χ2n) is 8.23. The van der Waals surface area contributed by atoms with Crippen LogP contribution in [0.25, 0.3) is 0 Å². The van der Waals surface area contributed by atoms with Crippen LogP contribution in [0.4, 0.5) is 0 Å². The average molecular weight is 521 g/mol. The summed E-state index contributed by atoms with van der Waals surface area (Å²) in [5.74, 6) is -2.47. The molecule has 13 heteroatoms. The van der Waals surface area contributed by atoms with Gasteiger partial charge in [-0.2, -0.15) is 11.8 Å². The summed E-state index contributed by atoms with van der Waals surface area (Å²) < 4.78 is 0. The highest BCUT2D eigenvalue weighted by Gasteiger charge is 2.29. The third kappa shape index (κ3) is 9.23. The lowest BCUT2D eigenvalue weighted by Gasteiger charge is -2.25. The van der Waals surface area contributed by atoms with Gasteiger partial charge in [0.2, 0.25) is 17.7 Å². The highest BCUT2D eigenvalue weighted by atomic mass is 32.2. The first-order valence-corrected chi connectivity index (χ1v) is 12.6. The Hall–Kier alpha value is -3.58. The van der Waals surface area contributed by atoms with Gasteiger partial charge in [0, 0.05) is 24.7 Å². The highest BCUT2D eigenvalue weighted by molar-refractivity contribution is 7.98. The molecule has 4 unspecified atom stereocenters. The van der Waals surface area contributed by atoms with Crippen LogP contribution in [0, 0.1) is 0 Å². The van der Waals surface area contributed by atoms with Crippen LogP contribution in [0.3, 0.4) is 0 Å². The van der Waals surface area contributed by atoms with Gasteiger partial charge in [-0.15, -0.1) is 0 Å². The molecule has 4 atom stereocenters. The summed E-state index contributed by atoms with van der Waals surface area (Å²) in [6.07, 6.45) is 5.40. The van der Waals surface area contributed by atoms with Crippen molar-refractivity contribution < 1.29 is 29.4 Å². The van der Waals surface area contributed by atoms with Crippen LogP contribution in [0.15, 0.2) is 36.8 Å². The minimum Gasteiger partial charge on any atom is -0.508 e. The van der Waals surface area contributed by atoms with E-state index >= 15 is 0 Å². The second kappa shape index (κ2) is 14.1. The first-order chi connectivity index (χ1) is 17.1. The summed E-state index contributed by atoms with van der Waals surface area (Å²) >= 11 is 1.48. The Kier molecular flexibility index (Phi) is 11.2. The molecule has 12 nitrogen and oxygen atoms in total. The van der Waals surface area contributed by atoms with Gasteiger partial charge in [0.25, 0.3) is 0 Å². The number of aromatic hydroxyl groups is 1. The Morgan fingerprint density at radius 1 is 1.03 bits per heavy atom. The number of amides is 3. The smallest absolute Gasteiger partial charge is 0.325 e. The Bertz CT molecular complexity index is 1020. The summed E-state index contributed by atoms with van der Waals surface area (Å²) in [6, 6.07) is 1.85. The first kappa shape index (κ1) is 28.7. The number of nitrogens with one attached hydrogen (secondary N) is 4. The quantitative estimate of drug-likeness (QED) is 0.172. The number of hydrogen-bond donors (Lipinski definition) is 7. The summed E-state index contributed by atoms with van der Waals surface area (Å²) in [4.78, 5) is 56.7. The van der Waals surface area contributed by atoms with Crippen LogP contribution < -0.4 is 21.7 Å². The minimum absolute atomic E-state index is 0.0344. The molecule has 0 radical (unpaired) electrons. The zero-order valence-corrected chi connectivity index (χ0v) is 20.9. The largest absolute Gasteiger partial charge is 0.508 e. The van der Waals surface area contributed by atoms with Crippen molar-refractivity contribution in [1.29, 1.82) is 0 Å². The van der Waals surface area contributed by atoms with Crippen molar-refractivity contribution in [3.63, 3.8) is 0 Å². The Morgan fingerprint density at radius 2 is 1.67 bits per heavy atom. The highest BCUT2D eigenvalue weighted by Crippen LogP contribution is 2.12. The third-order valence-electron chi connectivity index (χ3n) is 5.31. The van der Waals surface area contributed by atoms with Gasteiger partial charge in [-0.25, -0.2) is 4.98 Å². The molecule has 0 spiro atoms. The average Bonchev–Trinajstić information content (AvgIpc) is 3.35. The normalized spacial score (nSPS) is 14.2. The van der Waals surface area contributed by atoms with E-state index in [4.69, 9.17) is 10.8 Å². The first-order valence-electron chi connectivity index (χ1n) is 11.2. The van der Waals surface area contributed by atoms with E-state index in [1.807, 2.05) is 6.26 Å². The second-order valence-corrected chi connectivity index (χ2v) is 9.22. The standard InChI is InChI=1S/C23H32N6O6S/c1-13(23(34)35)27-22(33)19(9-14-3-5-16(30)6-4-14)29-21(32)18(7-8-36-2)28-20(31)17(24)10-15-11-25-12-26-15/h3-6,11-13,17-19,30H,7-10,24H2,1-2H3,(H,25,26)(H,27,33)(H,28,31)(H,29,32)(H,34,35). The molecule has 1 heterocycles. The lowest BCUT2D eigenvalue weighted by Crippen LogP contribution is -2.57. The molecule has 0 bridgehead atoms. The molecular weight excluding hydrogens is 488 g/mol. The number of nitrogens with zero attached hydrogens (tertiary/aromatic N) is 1. The molecule has 196 valence electrons. The van der Waals surface area contributed by atoms with E-state index in [0.717, 1.165) is 0 Å². The van der Waals surface area contributed by atoms with Crippen LogP contribution in [0.1, 0.15) is 24.6 Å². The molecule has 2 rings (SSSR count). The van der Waals surface area contributed by atoms with Crippen LogP contribution in [0.5, 0.6) is 5.75 Å². The molecular formula is C23H32N6O6S. The SMILES string of the molecule is CSCCC(NC(=O)C(N)Cc1cnc[nH]1)C(=O)NC(Cc1ccc(O)cc1)C(=O)NC(C)C(=O)O. The summed E-state index contributed by atoms with van der Waals surface area (Å²) in [7, 11) is 0. The number of phenolic OH excluding ortho intramolecular Hbond substituents is 1. The van der Waals surface area contributed by atoms with Crippen LogP contribution in [-0.4, -0.2) is 80.0 Å². The van der Waals surface area contributed by atoms with Crippen molar-refractivity contribution >= 4 is 35.5 Å². The van der Waals surface area contributed by atoms with Gasteiger partial charge in [0.1, 0.15) is 23.9 Å². The van der Waals surface area contributed by atoms with Crippen LogP contribution in [-0.2, 0) is 32.0 Å². The number of carboxylic acids is 1. The van der Waals surface area contributed by atoms with Crippen LogP contribution >= 0.6 is 11.8 Å². The Labute approximate surface area is 212 Å². The van der Waals surface area contributed by atoms with E-state index in [0.29, 0.717) is 17.0 Å². The number of thioether (sulfide) groups is 1. The Balaban J connectivity index is 2.15. The maximum Gasteiger partial charge on any atom is 0.325 e. The van der Waals surface area contributed by atoms with Gasteiger partial charge in [0.15, 0.2) is 0 Å². The molecule has 0 fully saturated rings. The topological polar surface area (TPSA) is 200 Å². The lowest BCUT2D eigenvalue weighted by atomic mass is 10.0. The molecule has 0 aliphatic heterocycles. The molecule has 8 N–H and O–H groups in total. The van der Waals surface area contributed by atoms with Gasteiger partial charge < -0.3 is 36.9 Å². The number of carbonyl (C=O) groups excluding carboxylic acids is 3. The molecule has 1 aromatic heterocycles. The number of carboxylic acid groups (broad SMARTS) is 1. The monoisotopic (exact) mass is 520 g/mol. The number of nitrogens with two attached hydrogens (primary N) is 1. The summed E-state index contributed by atoms with van der Waals surface area (Å²) in [5.41, 5.74) is 7.29.